The van der Waals surface area contributed by atoms with Gasteiger partial charge in [-0.05, 0) is 55.6 Å². The van der Waals surface area contributed by atoms with Crippen LogP contribution in [0.3, 0.4) is 0 Å². The van der Waals surface area contributed by atoms with E-state index in [1.807, 2.05) is 20.8 Å². The molecule has 0 spiro atoms. The maximum absolute atomic E-state index is 13.1. The van der Waals surface area contributed by atoms with E-state index in [1.165, 1.54) is 13.2 Å². The number of aliphatic hydroxyl groups excluding tert-OH is 1. The zero-order chi connectivity index (χ0) is 39.0. The van der Waals surface area contributed by atoms with Crippen molar-refractivity contribution in [2.75, 3.05) is 27.1 Å². The molecule has 0 aromatic heterocycles. The Labute approximate surface area is 312 Å². The van der Waals surface area contributed by atoms with Gasteiger partial charge in [-0.15, -0.1) is 0 Å². The highest BCUT2D eigenvalue weighted by atomic mass is 16.6. The Morgan fingerprint density at radius 2 is 1.63 bits per heavy atom. The number of amides is 1. The van der Waals surface area contributed by atoms with Crippen molar-refractivity contribution < 1.29 is 63.5 Å². The Kier molecular flexibility index (Phi) is 11.5. The molecule has 1 amide bonds. The van der Waals surface area contributed by atoms with Crippen molar-refractivity contribution in [3.05, 3.63) is 81.4 Å². The highest BCUT2D eigenvalue weighted by Crippen LogP contribution is 2.47. The molecule has 5 N–H and O–H groups in total. The van der Waals surface area contributed by atoms with Crippen molar-refractivity contribution in [3.8, 4) is 17.2 Å². The van der Waals surface area contributed by atoms with Crippen molar-refractivity contribution in [1.82, 2.24) is 4.90 Å². The van der Waals surface area contributed by atoms with Gasteiger partial charge in [0.15, 0.2) is 11.6 Å². The number of aromatic hydroxyl groups is 2. The maximum atomic E-state index is 13.1. The van der Waals surface area contributed by atoms with E-state index in [9.17, 15) is 39.4 Å². The molecule has 5 atom stereocenters. The Balaban J connectivity index is 0.000000185. The molecule has 2 aliphatic carbocycles. The zero-order valence-corrected chi connectivity index (χ0v) is 30.5. The monoisotopic (exact) mass is 745 g/mol. The molecular weight excluding hydrogens is 701 g/mol. The lowest BCUT2D eigenvalue weighted by atomic mass is 9.75. The van der Waals surface area contributed by atoms with Crippen LogP contribution in [0.15, 0.2) is 42.5 Å². The molecule has 3 aromatic carbocycles. The largest absolute Gasteiger partial charge is 0.507 e. The first-order chi connectivity index (χ1) is 25.8. The van der Waals surface area contributed by atoms with E-state index >= 15 is 0 Å². The normalized spacial score (nSPS) is 21.9. The molecule has 2 aliphatic heterocycles. The van der Waals surface area contributed by atoms with E-state index < -0.39 is 43.4 Å². The molecule has 4 aliphatic rings. The van der Waals surface area contributed by atoms with Gasteiger partial charge in [0.05, 0.1) is 35.9 Å². The molecule has 5 unspecified atom stereocenters. The Morgan fingerprint density at radius 3 is 2.28 bits per heavy atom. The van der Waals surface area contributed by atoms with Crippen LogP contribution in [-0.4, -0.2) is 106 Å². The summed E-state index contributed by atoms with van der Waals surface area (Å²) < 4.78 is 22.3. The molecule has 54 heavy (non-hydrogen) atoms. The second-order valence-electron chi connectivity index (χ2n) is 14.3. The summed E-state index contributed by atoms with van der Waals surface area (Å²) in [6.45, 7) is 6.12. The van der Waals surface area contributed by atoms with Crippen LogP contribution < -0.4 is 10.2 Å². The second kappa shape index (κ2) is 15.9. The number of rotatable bonds is 7. The summed E-state index contributed by atoms with van der Waals surface area (Å²) in [5.41, 5.74) is 1.51. The minimum Gasteiger partial charge on any atom is -0.507 e. The van der Waals surface area contributed by atoms with Crippen molar-refractivity contribution in [1.29, 1.82) is 0 Å². The lowest BCUT2D eigenvalue weighted by Crippen LogP contribution is -2.48. The molecule has 7 rings (SSSR count). The topological polar surface area (TPSA) is 210 Å². The van der Waals surface area contributed by atoms with Crippen molar-refractivity contribution in [2.45, 2.75) is 70.8 Å². The second-order valence-corrected chi connectivity index (χ2v) is 14.3. The number of fused-ring (bicyclic) bond motifs is 4. The van der Waals surface area contributed by atoms with Crippen LogP contribution in [-0.2, 0) is 31.8 Å². The van der Waals surface area contributed by atoms with Gasteiger partial charge in [-0.1, -0.05) is 50.2 Å². The average molecular weight is 746 g/mol. The van der Waals surface area contributed by atoms with Crippen LogP contribution >= 0.6 is 0 Å². The molecule has 286 valence electrons. The predicted molar refractivity (Wildman–Crippen MR) is 193 cm³/mol. The van der Waals surface area contributed by atoms with Crippen LogP contribution in [0.4, 0.5) is 4.79 Å². The van der Waals surface area contributed by atoms with Crippen molar-refractivity contribution >= 4 is 36.0 Å². The highest BCUT2D eigenvalue weighted by molar-refractivity contribution is 6.58. The quantitative estimate of drug-likeness (QED) is 0.136. The first-order valence-corrected chi connectivity index (χ1v) is 17.9. The number of ketones is 3. The van der Waals surface area contributed by atoms with Crippen LogP contribution in [0, 0.1) is 11.8 Å². The number of phenolic OH excluding ortho intramolecular Hbond substituents is 2. The molecule has 15 heteroatoms. The Morgan fingerprint density at radius 1 is 0.944 bits per heavy atom. The molecule has 2 saturated heterocycles. The van der Waals surface area contributed by atoms with Gasteiger partial charge in [-0.25, -0.2) is 4.79 Å². The number of methoxy groups -OCH3 is 1. The summed E-state index contributed by atoms with van der Waals surface area (Å²) in [7, 11) is -0.135. The lowest BCUT2D eigenvalue weighted by Gasteiger charge is -2.33. The number of hydrogen-bond acceptors (Lipinski definition) is 13. The number of carbonyl (C=O) groups excluding carboxylic acids is 4. The standard InChI is InChI=1S/C21H18O7.C18H26BNO6/c1-28-14-4-2-3-11-15(14)21(27)17-16(19(11)25)20(26)12-7-9(13(23)8-22)5-6-10(12)18(17)24;1-11(2)16(13-4-6-14(7-5-13)19(22)23)26-18(21)20-10-25-17-12(3)24-9-8-15(17)20/h2-4,9,22,24,26H,5-8H2,1H3;4-7,11-12,15-17,22-23H,8-10H2,1-3H3. The third-order valence-corrected chi connectivity index (χ3v) is 10.7. The first kappa shape index (κ1) is 38.9. The van der Waals surface area contributed by atoms with Crippen LogP contribution in [0.1, 0.15) is 88.3 Å². The zero-order valence-electron chi connectivity index (χ0n) is 30.5. The Bertz CT molecular complexity index is 1950. The van der Waals surface area contributed by atoms with E-state index in [4.69, 9.17) is 24.1 Å². The number of hydrogen-bond donors (Lipinski definition) is 5. The predicted octanol–water partition coefficient (Wildman–Crippen LogP) is 2.58. The summed E-state index contributed by atoms with van der Waals surface area (Å²) >= 11 is 0. The van der Waals surface area contributed by atoms with E-state index in [0.29, 0.717) is 24.1 Å². The molecular formula is C39H44BNO13. The summed E-state index contributed by atoms with van der Waals surface area (Å²) in [5.74, 6) is -2.50. The fraction of sp³-hybridized carbons (Fsp3) is 0.436. The van der Waals surface area contributed by atoms with Gasteiger partial charge >= 0.3 is 13.2 Å². The molecule has 2 fully saturated rings. The summed E-state index contributed by atoms with van der Waals surface area (Å²) in [6.07, 6.45) is 0.482. The van der Waals surface area contributed by atoms with Crippen molar-refractivity contribution in [3.63, 3.8) is 0 Å². The number of carbonyl (C=O) groups is 4. The fourth-order valence-electron chi connectivity index (χ4n) is 7.81. The van der Waals surface area contributed by atoms with Gasteiger partial charge in [-0.3, -0.25) is 19.3 Å². The first-order valence-electron chi connectivity index (χ1n) is 17.9. The van der Waals surface area contributed by atoms with E-state index in [0.717, 1.165) is 12.0 Å². The average Bonchev–Trinajstić information content (AvgIpc) is 3.62. The maximum Gasteiger partial charge on any atom is 0.488 e. The third kappa shape index (κ3) is 7.09. The number of ether oxygens (including phenoxy) is 4. The molecule has 0 radical (unpaired) electrons. The van der Waals surface area contributed by atoms with Crippen LogP contribution in [0.2, 0.25) is 0 Å². The van der Waals surface area contributed by atoms with Crippen molar-refractivity contribution in [2.24, 2.45) is 11.8 Å². The smallest absolute Gasteiger partial charge is 0.488 e. The van der Waals surface area contributed by atoms with Gasteiger partial charge in [0, 0.05) is 29.2 Å². The number of Topliss-reactive ketones (excluding diaryl/α,β-unsaturated/α-hetero) is 1. The molecule has 3 aromatic rings. The summed E-state index contributed by atoms with van der Waals surface area (Å²) in [5, 5.41) is 49.2. The Hall–Kier alpha value is -4.80. The fourth-order valence-corrected chi connectivity index (χ4v) is 7.81. The van der Waals surface area contributed by atoms with E-state index in [-0.39, 0.29) is 94.6 Å². The minimum absolute atomic E-state index is 0.0222. The van der Waals surface area contributed by atoms with Gasteiger partial charge in [0.2, 0.25) is 5.78 Å². The van der Waals surface area contributed by atoms with Gasteiger partial charge in [0.25, 0.3) is 0 Å². The third-order valence-electron chi connectivity index (χ3n) is 10.7. The number of nitrogens with zero attached hydrogens (tertiary/aromatic N) is 1. The van der Waals surface area contributed by atoms with Gasteiger partial charge < -0.3 is 44.3 Å². The molecule has 2 heterocycles. The van der Waals surface area contributed by atoms with Crippen LogP contribution in [0.25, 0.3) is 0 Å². The number of aliphatic hydroxyl groups is 1. The number of phenols is 2. The molecule has 14 nitrogen and oxygen atoms in total. The van der Waals surface area contributed by atoms with Gasteiger partial charge in [-0.2, -0.15) is 0 Å². The van der Waals surface area contributed by atoms with E-state index in [2.05, 4.69) is 0 Å². The minimum atomic E-state index is -1.52. The molecule has 0 bridgehead atoms. The summed E-state index contributed by atoms with van der Waals surface area (Å²) in [4.78, 5) is 52.5. The summed E-state index contributed by atoms with van der Waals surface area (Å²) in [6, 6.07) is 11.3. The molecule has 0 saturated carbocycles. The number of benzene rings is 3. The lowest BCUT2D eigenvalue weighted by molar-refractivity contribution is -0.126. The van der Waals surface area contributed by atoms with Crippen LogP contribution in [0.5, 0.6) is 17.2 Å². The highest BCUT2D eigenvalue weighted by Gasteiger charge is 2.45. The van der Waals surface area contributed by atoms with Gasteiger partial charge in [0.1, 0.15) is 42.8 Å². The SMILES string of the molecule is CC(C)C(OC(=O)N1COC2C(C)OCCC21)c1ccc(B(O)O)cc1.COc1cccc2c1C(=O)c1c(O)c3c(c(O)c1C2=O)CC(C(=O)CO)CC3. The van der Waals surface area contributed by atoms with E-state index in [1.54, 1.807) is 41.3 Å².